The number of nitriles is 1. The van der Waals surface area contributed by atoms with Crippen molar-refractivity contribution in [3.8, 4) is 17.7 Å². The van der Waals surface area contributed by atoms with E-state index in [-0.39, 0.29) is 29.3 Å². The van der Waals surface area contributed by atoms with Gasteiger partial charge < -0.3 is 24.4 Å². The highest BCUT2D eigenvalue weighted by Gasteiger charge is 2.42. The van der Waals surface area contributed by atoms with Crippen LogP contribution in [0, 0.1) is 17.2 Å². The van der Waals surface area contributed by atoms with Crippen molar-refractivity contribution in [2.45, 2.75) is 57.4 Å². The van der Waals surface area contributed by atoms with Crippen LogP contribution in [0.5, 0.6) is 0 Å². The van der Waals surface area contributed by atoms with Crippen LogP contribution in [0.3, 0.4) is 0 Å². The van der Waals surface area contributed by atoms with Crippen LogP contribution >= 0.6 is 0 Å². The van der Waals surface area contributed by atoms with Crippen LogP contribution in [0.25, 0.3) is 11.7 Å². The van der Waals surface area contributed by atoms with Crippen molar-refractivity contribution in [2.24, 2.45) is 5.92 Å². The third-order valence-corrected chi connectivity index (χ3v) is 6.44. The summed E-state index contributed by atoms with van der Waals surface area (Å²) in [6.45, 7) is 3.57. The SMILES string of the molecule is CCNC(=O)C1(NC(=O)C2CCN(c3oc(-c4ccco4)nc3C#N)CC2)CCCCC1. The summed E-state index contributed by atoms with van der Waals surface area (Å²) in [5.74, 6) is 0.817. The predicted molar refractivity (Wildman–Crippen MR) is 116 cm³/mol. The van der Waals surface area contributed by atoms with Crippen LogP contribution < -0.4 is 15.5 Å². The van der Waals surface area contributed by atoms with E-state index in [9.17, 15) is 14.9 Å². The molecule has 2 amide bonds. The van der Waals surface area contributed by atoms with Gasteiger partial charge >= 0.3 is 0 Å². The molecule has 32 heavy (non-hydrogen) atoms. The lowest BCUT2D eigenvalue weighted by molar-refractivity contribution is -0.137. The third kappa shape index (κ3) is 4.35. The lowest BCUT2D eigenvalue weighted by Gasteiger charge is -2.39. The van der Waals surface area contributed by atoms with Gasteiger partial charge in [0.1, 0.15) is 11.6 Å². The topological polar surface area (TPSA) is 124 Å². The molecule has 170 valence electrons. The number of rotatable bonds is 6. The zero-order valence-corrected chi connectivity index (χ0v) is 18.4. The molecule has 2 aromatic rings. The van der Waals surface area contributed by atoms with E-state index in [0.29, 0.717) is 57.0 Å². The van der Waals surface area contributed by atoms with Crippen molar-refractivity contribution in [3.05, 3.63) is 24.1 Å². The minimum absolute atomic E-state index is 0.0628. The number of nitrogens with zero attached hydrogens (tertiary/aromatic N) is 3. The highest BCUT2D eigenvalue weighted by atomic mass is 16.4. The van der Waals surface area contributed by atoms with Gasteiger partial charge in [-0.15, -0.1) is 0 Å². The Hall–Kier alpha value is -3.28. The first-order valence-corrected chi connectivity index (χ1v) is 11.4. The van der Waals surface area contributed by atoms with E-state index in [0.717, 1.165) is 19.3 Å². The van der Waals surface area contributed by atoms with Gasteiger partial charge in [0.15, 0.2) is 5.76 Å². The summed E-state index contributed by atoms with van der Waals surface area (Å²) < 4.78 is 11.1. The molecule has 1 aliphatic heterocycles. The number of furan rings is 1. The number of piperidine rings is 1. The Morgan fingerprint density at radius 3 is 2.66 bits per heavy atom. The fourth-order valence-electron chi connectivity index (χ4n) is 4.68. The number of amides is 2. The van der Waals surface area contributed by atoms with E-state index in [1.54, 1.807) is 12.1 Å². The lowest BCUT2D eigenvalue weighted by Crippen LogP contribution is -2.61. The number of nitrogens with one attached hydrogen (secondary N) is 2. The number of hydrogen-bond acceptors (Lipinski definition) is 7. The molecule has 4 rings (SSSR count). The molecule has 0 radical (unpaired) electrons. The molecule has 0 aromatic carbocycles. The Morgan fingerprint density at radius 1 is 1.28 bits per heavy atom. The van der Waals surface area contributed by atoms with Crippen LogP contribution in [0.1, 0.15) is 57.6 Å². The number of carbonyl (C=O) groups is 2. The molecule has 1 saturated heterocycles. The normalized spacial score (nSPS) is 18.7. The molecule has 0 bridgehead atoms. The fourth-order valence-corrected chi connectivity index (χ4v) is 4.68. The summed E-state index contributed by atoms with van der Waals surface area (Å²) in [5.41, 5.74) is -0.587. The summed E-state index contributed by atoms with van der Waals surface area (Å²) in [5, 5.41) is 15.5. The summed E-state index contributed by atoms with van der Waals surface area (Å²) in [7, 11) is 0. The van der Waals surface area contributed by atoms with Gasteiger partial charge in [-0.25, -0.2) is 0 Å². The van der Waals surface area contributed by atoms with E-state index in [2.05, 4.69) is 21.7 Å². The van der Waals surface area contributed by atoms with Crippen LogP contribution in [0.15, 0.2) is 27.2 Å². The van der Waals surface area contributed by atoms with Crippen molar-refractivity contribution in [1.29, 1.82) is 5.26 Å². The van der Waals surface area contributed by atoms with Crippen molar-refractivity contribution in [1.82, 2.24) is 15.6 Å². The minimum atomic E-state index is -0.792. The summed E-state index contributed by atoms with van der Waals surface area (Å²) in [4.78, 5) is 32.0. The maximum absolute atomic E-state index is 13.1. The minimum Gasteiger partial charge on any atom is -0.459 e. The molecule has 1 saturated carbocycles. The molecule has 0 unspecified atom stereocenters. The molecule has 2 aliphatic rings. The van der Waals surface area contributed by atoms with Crippen molar-refractivity contribution in [2.75, 3.05) is 24.5 Å². The Bertz CT molecular complexity index is 977. The quantitative estimate of drug-likeness (QED) is 0.709. The molecular weight excluding hydrogens is 410 g/mol. The first-order chi connectivity index (χ1) is 15.6. The highest BCUT2D eigenvalue weighted by molar-refractivity contribution is 5.92. The highest BCUT2D eigenvalue weighted by Crippen LogP contribution is 2.33. The largest absolute Gasteiger partial charge is 0.459 e. The average molecular weight is 440 g/mol. The monoisotopic (exact) mass is 439 g/mol. The number of likely N-dealkylation sites (N-methyl/N-ethyl adjacent to an activating group) is 1. The molecule has 0 atom stereocenters. The van der Waals surface area contributed by atoms with E-state index in [4.69, 9.17) is 8.83 Å². The van der Waals surface area contributed by atoms with E-state index >= 15 is 0 Å². The van der Waals surface area contributed by atoms with Crippen LogP contribution in [0.2, 0.25) is 0 Å². The molecule has 0 spiro atoms. The van der Waals surface area contributed by atoms with Crippen molar-refractivity contribution >= 4 is 17.7 Å². The van der Waals surface area contributed by atoms with Gasteiger partial charge in [0.2, 0.25) is 23.4 Å². The zero-order chi connectivity index (χ0) is 22.6. The zero-order valence-electron chi connectivity index (χ0n) is 18.4. The number of carbonyl (C=O) groups excluding carboxylic acids is 2. The van der Waals surface area contributed by atoms with Crippen LogP contribution in [0.4, 0.5) is 5.88 Å². The van der Waals surface area contributed by atoms with Gasteiger partial charge in [-0.1, -0.05) is 19.3 Å². The Balaban J connectivity index is 1.41. The summed E-state index contributed by atoms with van der Waals surface area (Å²) in [6, 6.07) is 5.54. The molecule has 2 N–H and O–H groups in total. The molecule has 3 heterocycles. The molecule has 2 fully saturated rings. The van der Waals surface area contributed by atoms with Gasteiger partial charge in [0.05, 0.1) is 6.26 Å². The van der Waals surface area contributed by atoms with Crippen molar-refractivity contribution < 1.29 is 18.4 Å². The molecule has 9 nitrogen and oxygen atoms in total. The number of anilines is 1. The first-order valence-electron chi connectivity index (χ1n) is 11.4. The standard InChI is InChI=1S/C23H29N5O4/c1-2-25-22(30)23(10-4-3-5-11-23)27-19(29)16-8-12-28(13-9-16)21-17(15-24)26-20(32-21)18-7-6-14-31-18/h6-7,14,16H,2-5,8-13H2,1H3,(H,25,30)(H,27,29). The Labute approximate surface area is 187 Å². The Kier molecular flexibility index (Phi) is 6.49. The third-order valence-electron chi connectivity index (χ3n) is 6.44. The second-order valence-electron chi connectivity index (χ2n) is 8.51. The van der Waals surface area contributed by atoms with E-state index in [1.807, 2.05) is 11.8 Å². The molecular formula is C23H29N5O4. The van der Waals surface area contributed by atoms with Crippen LogP contribution in [-0.4, -0.2) is 42.0 Å². The van der Waals surface area contributed by atoms with Gasteiger partial charge in [-0.05, 0) is 44.7 Å². The molecule has 1 aliphatic carbocycles. The lowest BCUT2D eigenvalue weighted by atomic mass is 9.80. The maximum atomic E-state index is 13.1. The number of hydrogen-bond donors (Lipinski definition) is 2. The van der Waals surface area contributed by atoms with Gasteiger partial charge in [0, 0.05) is 25.6 Å². The van der Waals surface area contributed by atoms with E-state index in [1.165, 1.54) is 6.26 Å². The average Bonchev–Trinajstić information content (AvgIpc) is 3.50. The predicted octanol–water partition coefficient (Wildman–Crippen LogP) is 2.98. The number of oxazole rings is 1. The summed E-state index contributed by atoms with van der Waals surface area (Å²) >= 11 is 0. The van der Waals surface area contributed by atoms with Gasteiger partial charge in [-0.3, -0.25) is 9.59 Å². The van der Waals surface area contributed by atoms with Gasteiger partial charge in [-0.2, -0.15) is 10.2 Å². The second-order valence-corrected chi connectivity index (χ2v) is 8.51. The first kappa shape index (κ1) is 21.9. The van der Waals surface area contributed by atoms with E-state index < -0.39 is 5.54 Å². The number of aromatic nitrogens is 1. The molecule has 9 heteroatoms. The fraction of sp³-hybridized carbons (Fsp3) is 0.565. The van der Waals surface area contributed by atoms with Gasteiger partial charge in [0.25, 0.3) is 5.89 Å². The van der Waals surface area contributed by atoms with Crippen LogP contribution in [-0.2, 0) is 9.59 Å². The second kappa shape index (κ2) is 9.47. The molecule has 2 aromatic heterocycles. The Morgan fingerprint density at radius 2 is 2.03 bits per heavy atom. The maximum Gasteiger partial charge on any atom is 0.266 e. The summed E-state index contributed by atoms with van der Waals surface area (Å²) in [6.07, 6.45) is 7.08. The van der Waals surface area contributed by atoms with Crippen molar-refractivity contribution in [3.63, 3.8) is 0 Å². The smallest absolute Gasteiger partial charge is 0.266 e.